The van der Waals surface area contributed by atoms with Crippen molar-refractivity contribution in [2.75, 3.05) is 13.1 Å². The molecule has 0 spiro atoms. The van der Waals surface area contributed by atoms with Gasteiger partial charge < -0.3 is 4.90 Å². The van der Waals surface area contributed by atoms with Gasteiger partial charge in [-0.05, 0) is 25.0 Å². The van der Waals surface area contributed by atoms with Crippen LogP contribution in [-0.4, -0.2) is 49.4 Å². The van der Waals surface area contributed by atoms with Crippen LogP contribution in [0.1, 0.15) is 23.0 Å². The molecule has 0 N–H and O–H groups in total. The van der Waals surface area contributed by atoms with Crippen LogP contribution in [0.3, 0.4) is 0 Å². The average Bonchev–Trinajstić information content (AvgIpc) is 3.21. The molecular formula is C27H22ClN5O2. The molecule has 0 atom stereocenters. The molecule has 0 bridgehead atoms. The number of ketones is 1. The Labute approximate surface area is 207 Å². The van der Waals surface area contributed by atoms with Crippen molar-refractivity contribution in [2.45, 2.75) is 19.9 Å². The first kappa shape index (κ1) is 22.8. The van der Waals surface area contributed by atoms with E-state index in [-0.39, 0.29) is 24.0 Å². The van der Waals surface area contributed by atoms with Gasteiger partial charge in [0.2, 0.25) is 0 Å². The molecule has 7 nitrogen and oxygen atoms in total. The van der Waals surface area contributed by atoms with Gasteiger partial charge in [-0.3, -0.25) is 24.2 Å². The van der Waals surface area contributed by atoms with Crippen LogP contribution in [0.5, 0.6) is 0 Å². The average molecular weight is 484 g/mol. The molecule has 8 heteroatoms. The van der Waals surface area contributed by atoms with Gasteiger partial charge in [0.05, 0.1) is 17.0 Å². The van der Waals surface area contributed by atoms with Crippen LogP contribution >= 0.6 is 11.6 Å². The van der Waals surface area contributed by atoms with Crippen molar-refractivity contribution in [1.82, 2.24) is 24.6 Å². The monoisotopic (exact) mass is 483 g/mol. The fourth-order valence-electron chi connectivity index (χ4n) is 4.30. The maximum atomic E-state index is 12.7. The van der Waals surface area contributed by atoms with E-state index in [2.05, 4.69) is 21.8 Å². The second-order valence-corrected chi connectivity index (χ2v) is 8.90. The standard InChI is InChI=1S/C27H22ClN5O2/c1-2-5-25(35)32-15-18(16-32)17-33-27-22(13-29-14-23(27)28)26(31-33)20-9-7-19(8-10-20)24(34)12-21-6-3-4-11-30-21/h3-4,6-11,13-14,18H,12,15-17H2,1H3. The third kappa shape index (κ3) is 4.66. The summed E-state index contributed by atoms with van der Waals surface area (Å²) in [7, 11) is 0. The quantitative estimate of drug-likeness (QED) is 0.305. The zero-order valence-electron chi connectivity index (χ0n) is 19.1. The largest absolute Gasteiger partial charge is 0.331 e. The summed E-state index contributed by atoms with van der Waals surface area (Å²) >= 11 is 6.52. The van der Waals surface area contributed by atoms with E-state index < -0.39 is 0 Å². The van der Waals surface area contributed by atoms with Crippen molar-refractivity contribution in [2.24, 2.45) is 5.92 Å². The minimum Gasteiger partial charge on any atom is -0.331 e. The maximum absolute atomic E-state index is 12.7. The molecule has 174 valence electrons. The van der Waals surface area contributed by atoms with Crippen molar-refractivity contribution in [3.63, 3.8) is 0 Å². The fraction of sp³-hybridized carbons (Fsp3) is 0.222. The number of fused-ring (bicyclic) bond motifs is 1. The Morgan fingerprint density at radius 2 is 1.91 bits per heavy atom. The Balaban J connectivity index is 1.38. The summed E-state index contributed by atoms with van der Waals surface area (Å²) in [5.74, 6) is 5.36. The van der Waals surface area contributed by atoms with Crippen molar-refractivity contribution < 1.29 is 9.59 Å². The molecule has 5 rings (SSSR count). The number of amides is 1. The normalized spacial score (nSPS) is 13.3. The first-order valence-corrected chi connectivity index (χ1v) is 11.7. The molecule has 0 unspecified atom stereocenters. The van der Waals surface area contributed by atoms with Gasteiger partial charge in [-0.1, -0.05) is 47.9 Å². The van der Waals surface area contributed by atoms with Crippen molar-refractivity contribution in [3.8, 4) is 23.1 Å². The zero-order chi connectivity index (χ0) is 24.4. The molecule has 35 heavy (non-hydrogen) atoms. The molecule has 3 aromatic heterocycles. The summed E-state index contributed by atoms with van der Waals surface area (Å²) in [5.41, 5.74) is 3.79. The van der Waals surface area contributed by atoms with Gasteiger partial charge in [0, 0.05) is 66.3 Å². The van der Waals surface area contributed by atoms with E-state index in [9.17, 15) is 9.59 Å². The van der Waals surface area contributed by atoms with Crippen LogP contribution in [0.15, 0.2) is 61.1 Å². The maximum Gasteiger partial charge on any atom is 0.298 e. The first-order valence-electron chi connectivity index (χ1n) is 11.3. The van der Waals surface area contributed by atoms with Crippen LogP contribution in [0.4, 0.5) is 0 Å². The third-order valence-corrected chi connectivity index (χ3v) is 6.34. The van der Waals surface area contributed by atoms with Gasteiger partial charge in [0.15, 0.2) is 5.78 Å². The lowest BCUT2D eigenvalue weighted by Crippen LogP contribution is -2.51. The SMILES string of the molecule is CC#CC(=O)N1CC(Cn2nc(-c3ccc(C(=O)Cc4ccccn4)cc3)c3cncc(Cl)c32)C1. The number of hydrogen-bond donors (Lipinski definition) is 0. The summed E-state index contributed by atoms with van der Waals surface area (Å²) in [4.78, 5) is 34.8. The summed E-state index contributed by atoms with van der Waals surface area (Å²) < 4.78 is 1.90. The molecular weight excluding hydrogens is 462 g/mol. The van der Waals surface area contributed by atoms with Crippen LogP contribution in [0, 0.1) is 17.8 Å². The number of pyridine rings is 2. The number of hydrogen-bond acceptors (Lipinski definition) is 5. The number of rotatable bonds is 6. The molecule has 4 heterocycles. The second kappa shape index (κ2) is 9.69. The fourth-order valence-corrected chi connectivity index (χ4v) is 4.55. The number of aromatic nitrogens is 4. The molecule has 0 saturated carbocycles. The number of nitrogens with zero attached hydrogens (tertiary/aromatic N) is 5. The minimum atomic E-state index is -0.144. The number of benzene rings is 1. The van der Waals surface area contributed by atoms with Crippen LogP contribution in [0.25, 0.3) is 22.2 Å². The molecule has 4 aromatic rings. The summed E-state index contributed by atoms with van der Waals surface area (Å²) in [5, 5.41) is 6.22. The predicted octanol–water partition coefficient (Wildman–Crippen LogP) is 4.05. The number of Topliss-reactive ketones (excluding diaryl/α,β-unsaturated/α-hetero) is 1. The lowest BCUT2D eigenvalue weighted by Gasteiger charge is -2.38. The third-order valence-electron chi connectivity index (χ3n) is 6.06. The lowest BCUT2D eigenvalue weighted by atomic mass is 10.00. The van der Waals surface area contributed by atoms with E-state index in [0.29, 0.717) is 30.2 Å². The molecule has 0 radical (unpaired) electrons. The van der Waals surface area contributed by atoms with Gasteiger partial charge in [-0.25, -0.2) is 0 Å². The highest BCUT2D eigenvalue weighted by molar-refractivity contribution is 6.35. The lowest BCUT2D eigenvalue weighted by molar-refractivity contribution is -0.131. The minimum absolute atomic E-state index is 0.00666. The van der Waals surface area contributed by atoms with E-state index in [0.717, 1.165) is 27.9 Å². The van der Waals surface area contributed by atoms with Crippen molar-refractivity contribution in [3.05, 3.63) is 77.3 Å². The van der Waals surface area contributed by atoms with Gasteiger partial charge in [-0.2, -0.15) is 5.10 Å². The zero-order valence-corrected chi connectivity index (χ0v) is 19.9. The Morgan fingerprint density at radius 1 is 1.11 bits per heavy atom. The highest BCUT2D eigenvalue weighted by atomic mass is 35.5. The number of carbonyl (C=O) groups excluding carboxylic acids is 2. The predicted molar refractivity (Wildman–Crippen MR) is 134 cm³/mol. The topological polar surface area (TPSA) is 81.0 Å². The Kier molecular flexibility index (Phi) is 6.30. The molecule has 1 amide bonds. The molecule has 1 saturated heterocycles. The van der Waals surface area contributed by atoms with Gasteiger partial charge in [-0.15, -0.1) is 0 Å². The van der Waals surface area contributed by atoms with Gasteiger partial charge in [0.25, 0.3) is 5.91 Å². The van der Waals surface area contributed by atoms with Crippen LogP contribution in [-0.2, 0) is 17.8 Å². The Morgan fingerprint density at radius 3 is 2.63 bits per heavy atom. The van der Waals surface area contributed by atoms with Crippen molar-refractivity contribution >= 4 is 34.2 Å². The second-order valence-electron chi connectivity index (χ2n) is 8.50. The van der Waals surface area contributed by atoms with Crippen LogP contribution < -0.4 is 0 Å². The highest BCUT2D eigenvalue weighted by Crippen LogP contribution is 2.33. The smallest absolute Gasteiger partial charge is 0.298 e. The van der Waals surface area contributed by atoms with E-state index >= 15 is 0 Å². The Bertz CT molecular complexity index is 1460. The van der Waals surface area contributed by atoms with E-state index in [1.54, 1.807) is 30.4 Å². The van der Waals surface area contributed by atoms with E-state index in [1.165, 1.54) is 0 Å². The summed E-state index contributed by atoms with van der Waals surface area (Å²) in [6.07, 6.45) is 5.30. The van der Waals surface area contributed by atoms with Gasteiger partial charge in [0.1, 0.15) is 5.69 Å². The molecule has 1 aromatic carbocycles. The molecule has 1 aliphatic heterocycles. The molecule has 1 fully saturated rings. The number of carbonyl (C=O) groups is 2. The summed E-state index contributed by atoms with van der Waals surface area (Å²) in [6.45, 7) is 3.57. The van der Waals surface area contributed by atoms with E-state index in [1.807, 2.05) is 47.1 Å². The van der Waals surface area contributed by atoms with Gasteiger partial charge >= 0.3 is 0 Å². The highest BCUT2D eigenvalue weighted by Gasteiger charge is 2.31. The molecule has 1 aliphatic rings. The molecule has 0 aliphatic carbocycles. The number of likely N-dealkylation sites (tertiary alicyclic amines) is 1. The first-order chi connectivity index (χ1) is 17.0. The number of halogens is 1. The Hall–Kier alpha value is -4.02. The van der Waals surface area contributed by atoms with E-state index in [4.69, 9.17) is 16.7 Å². The van der Waals surface area contributed by atoms with Crippen LogP contribution in [0.2, 0.25) is 5.02 Å². The van der Waals surface area contributed by atoms with Crippen molar-refractivity contribution in [1.29, 1.82) is 0 Å². The summed E-state index contributed by atoms with van der Waals surface area (Å²) in [6, 6.07) is 13.0.